The molecule has 8 nitrogen and oxygen atoms in total. The van der Waals surface area contributed by atoms with E-state index in [-0.39, 0.29) is 23.7 Å². The van der Waals surface area contributed by atoms with E-state index in [9.17, 15) is 19.7 Å². The van der Waals surface area contributed by atoms with Gasteiger partial charge < -0.3 is 15.7 Å². The van der Waals surface area contributed by atoms with Crippen LogP contribution in [-0.2, 0) is 4.79 Å². The van der Waals surface area contributed by atoms with Crippen LogP contribution in [0.2, 0.25) is 0 Å². The van der Waals surface area contributed by atoms with Crippen LogP contribution in [0.25, 0.3) is 0 Å². The molecule has 0 aromatic heterocycles. The maximum Gasteiger partial charge on any atom is 0.305 e. The summed E-state index contributed by atoms with van der Waals surface area (Å²) in [6.07, 6.45) is 4.76. The maximum atomic E-state index is 12.6. The summed E-state index contributed by atoms with van der Waals surface area (Å²) in [6.45, 7) is 0. The van der Waals surface area contributed by atoms with Crippen LogP contribution in [0.4, 0.5) is 11.4 Å². The summed E-state index contributed by atoms with van der Waals surface area (Å²) < 4.78 is 0. The first-order valence-corrected chi connectivity index (χ1v) is 8.48. The van der Waals surface area contributed by atoms with Gasteiger partial charge >= 0.3 is 5.97 Å². The van der Waals surface area contributed by atoms with Crippen molar-refractivity contribution in [3.63, 3.8) is 0 Å². The van der Waals surface area contributed by atoms with E-state index in [0.717, 1.165) is 25.7 Å². The number of aliphatic carboxylic acids is 1. The minimum atomic E-state index is -0.961. The second kappa shape index (κ2) is 6.70. The first-order valence-electron chi connectivity index (χ1n) is 8.48. The largest absolute Gasteiger partial charge is 0.481 e. The van der Waals surface area contributed by atoms with E-state index < -0.39 is 22.3 Å². The van der Waals surface area contributed by atoms with E-state index in [0.29, 0.717) is 18.5 Å². The van der Waals surface area contributed by atoms with Crippen LogP contribution in [0.1, 0.15) is 55.3 Å². The second-order valence-electron chi connectivity index (χ2n) is 6.92. The van der Waals surface area contributed by atoms with Crippen LogP contribution >= 0.6 is 0 Å². The highest BCUT2D eigenvalue weighted by atomic mass is 16.6. The quantitative estimate of drug-likeness (QED) is 0.515. The van der Waals surface area contributed by atoms with Crippen molar-refractivity contribution in [3.8, 4) is 0 Å². The van der Waals surface area contributed by atoms with Crippen LogP contribution < -0.4 is 10.6 Å². The molecule has 2 aliphatic carbocycles. The number of nitrogens with one attached hydrogen (secondary N) is 2. The lowest BCUT2D eigenvalue weighted by Gasteiger charge is -2.28. The predicted octanol–water partition coefficient (Wildman–Crippen LogP) is 2.69. The zero-order valence-corrected chi connectivity index (χ0v) is 13.8. The van der Waals surface area contributed by atoms with Crippen molar-refractivity contribution in [1.82, 2.24) is 5.32 Å². The van der Waals surface area contributed by atoms with Gasteiger partial charge in [-0.15, -0.1) is 0 Å². The van der Waals surface area contributed by atoms with Crippen molar-refractivity contribution in [2.75, 3.05) is 5.32 Å². The number of benzene rings is 1. The number of nitro benzene ring substituents is 1. The molecule has 0 aliphatic heterocycles. The number of hydrogen-bond donors (Lipinski definition) is 3. The Hall–Kier alpha value is -2.64. The van der Waals surface area contributed by atoms with E-state index in [4.69, 9.17) is 5.11 Å². The van der Waals surface area contributed by atoms with Crippen molar-refractivity contribution in [2.45, 2.75) is 56.5 Å². The summed E-state index contributed by atoms with van der Waals surface area (Å²) in [7, 11) is 0. The fraction of sp³-hybridized carbons (Fsp3) is 0.529. The molecule has 0 radical (unpaired) electrons. The normalized spacial score (nSPS) is 18.6. The van der Waals surface area contributed by atoms with Gasteiger partial charge in [0.2, 0.25) is 0 Å². The molecular weight excluding hydrogens is 326 g/mol. The van der Waals surface area contributed by atoms with Gasteiger partial charge in [0.05, 0.1) is 16.9 Å². The summed E-state index contributed by atoms with van der Waals surface area (Å²) in [4.78, 5) is 34.5. The van der Waals surface area contributed by atoms with Crippen molar-refractivity contribution in [3.05, 3.63) is 33.9 Å². The van der Waals surface area contributed by atoms with Gasteiger partial charge in [-0.2, -0.15) is 0 Å². The molecule has 0 bridgehead atoms. The molecule has 2 aliphatic rings. The number of nitrogens with zero attached hydrogens (tertiary/aromatic N) is 1. The van der Waals surface area contributed by atoms with E-state index in [2.05, 4.69) is 10.6 Å². The fourth-order valence-corrected chi connectivity index (χ4v) is 3.39. The van der Waals surface area contributed by atoms with Crippen LogP contribution in [-0.4, -0.2) is 33.5 Å². The summed E-state index contributed by atoms with van der Waals surface area (Å²) in [6, 6.07) is 4.60. The SMILES string of the molecule is O=C(O)CC1(NC(=O)c2ccc(NC3CC3)c([N+](=O)[O-])c2)CCCC1. The van der Waals surface area contributed by atoms with Gasteiger partial charge in [0.25, 0.3) is 11.6 Å². The van der Waals surface area contributed by atoms with Gasteiger partial charge in [0.15, 0.2) is 0 Å². The predicted molar refractivity (Wildman–Crippen MR) is 90.7 cm³/mol. The molecule has 0 saturated heterocycles. The third kappa shape index (κ3) is 4.07. The third-order valence-electron chi connectivity index (χ3n) is 4.82. The third-order valence-corrected chi connectivity index (χ3v) is 4.82. The first-order chi connectivity index (χ1) is 11.9. The molecule has 0 atom stereocenters. The molecule has 134 valence electrons. The summed E-state index contributed by atoms with van der Waals surface area (Å²) >= 11 is 0. The van der Waals surface area contributed by atoms with Gasteiger partial charge in [0, 0.05) is 17.7 Å². The molecule has 1 aromatic carbocycles. The zero-order chi connectivity index (χ0) is 18.0. The Morgan fingerprint density at radius 1 is 1.28 bits per heavy atom. The molecule has 0 spiro atoms. The van der Waals surface area contributed by atoms with Crippen LogP contribution in [0, 0.1) is 10.1 Å². The number of hydrogen-bond acceptors (Lipinski definition) is 5. The van der Waals surface area contributed by atoms with E-state index in [1.54, 1.807) is 6.07 Å². The van der Waals surface area contributed by atoms with Gasteiger partial charge in [-0.25, -0.2) is 0 Å². The van der Waals surface area contributed by atoms with Crippen molar-refractivity contribution in [2.24, 2.45) is 0 Å². The smallest absolute Gasteiger partial charge is 0.305 e. The maximum absolute atomic E-state index is 12.6. The van der Waals surface area contributed by atoms with E-state index >= 15 is 0 Å². The summed E-state index contributed by atoms with van der Waals surface area (Å²) in [5, 5.41) is 26.3. The number of amides is 1. The molecule has 3 N–H and O–H groups in total. The molecule has 1 aromatic rings. The highest BCUT2D eigenvalue weighted by molar-refractivity contribution is 5.96. The average molecular weight is 347 g/mol. The topological polar surface area (TPSA) is 122 Å². The number of carboxylic acids is 1. The molecule has 8 heteroatoms. The number of carbonyl (C=O) groups is 2. The number of anilines is 1. The average Bonchev–Trinajstić information content (AvgIpc) is 3.25. The molecule has 2 saturated carbocycles. The molecule has 3 rings (SSSR count). The van der Waals surface area contributed by atoms with E-state index in [1.807, 2.05) is 0 Å². The molecule has 2 fully saturated rings. The lowest BCUT2D eigenvalue weighted by atomic mass is 9.92. The van der Waals surface area contributed by atoms with Crippen LogP contribution in [0.3, 0.4) is 0 Å². The summed E-state index contributed by atoms with van der Waals surface area (Å²) in [5.41, 5.74) is -0.323. The Morgan fingerprint density at radius 3 is 2.52 bits per heavy atom. The minimum Gasteiger partial charge on any atom is -0.481 e. The second-order valence-corrected chi connectivity index (χ2v) is 6.92. The standard InChI is InChI=1S/C17H21N3O5/c21-15(22)10-17(7-1-2-8-17)19-16(23)11-3-6-13(18-12-4-5-12)14(9-11)20(24)25/h3,6,9,12,18H,1-2,4-5,7-8,10H2,(H,19,23)(H,21,22). The number of carbonyl (C=O) groups excluding carboxylic acids is 1. The van der Waals surface area contributed by atoms with Crippen molar-refractivity contribution >= 4 is 23.3 Å². The Labute approximate surface area is 144 Å². The number of nitro groups is 1. The molecular formula is C17H21N3O5. The van der Waals surface area contributed by atoms with Gasteiger partial charge in [-0.1, -0.05) is 12.8 Å². The monoisotopic (exact) mass is 347 g/mol. The molecule has 1 amide bonds. The van der Waals surface area contributed by atoms with Crippen LogP contribution in [0.5, 0.6) is 0 Å². The Morgan fingerprint density at radius 2 is 1.96 bits per heavy atom. The van der Waals surface area contributed by atoms with Crippen LogP contribution in [0.15, 0.2) is 18.2 Å². The summed E-state index contributed by atoms with van der Waals surface area (Å²) in [5.74, 6) is -1.43. The fourth-order valence-electron chi connectivity index (χ4n) is 3.39. The first kappa shape index (κ1) is 17.2. The van der Waals surface area contributed by atoms with Gasteiger partial charge in [-0.05, 0) is 37.8 Å². The number of rotatable bonds is 7. The van der Waals surface area contributed by atoms with Gasteiger partial charge in [0.1, 0.15) is 5.69 Å². The van der Waals surface area contributed by atoms with E-state index in [1.165, 1.54) is 12.1 Å². The van der Waals surface area contributed by atoms with Crippen molar-refractivity contribution < 1.29 is 19.6 Å². The van der Waals surface area contributed by atoms with Gasteiger partial charge in [-0.3, -0.25) is 19.7 Å². The highest BCUT2D eigenvalue weighted by Gasteiger charge is 2.38. The molecule has 0 unspecified atom stereocenters. The van der Waals surface area contributed by atoms with Crippen molar-refractivity contribution in [1.29, 1.82) is 0 Å². The molecule has 0 heterocycles. The molecule has 25 heavy (non-hydrogen) atoms. The Bertz CT molecular complexity index is 708. The Kier molecular flexibility index (Phi) is 4.61. The lowest BCUT2D eigenvalue weighted by Crippen LogP contribution is -2.47. The Balaban J connectivity index is 1.80. The number of carboxylic acid groups (broad SMARTS) is 1. The zero-order valence-electron chi connectivity index (χ0n) is 13.8. The highest BCUT2D eigenvalue weighted by Crippen LogP contribution is 2.34. The minimum absolute atomic E-state index is 0.137. The lowest BCUT2D eigenvalue weighted by molar-refractivity contribution is -0.384.